The van der Waals surface area contributed by atoms with Gasteiger partial charge in [0, 0.05) is 19.0 Å². The highest BCUT2D eigenvalue weighted by atomic mass is 16.3. The largest absolute Gasteiger partial charge is 0.394 e. The lowest BCUT2D eigenvalue weighted by atomic mass is 10.1. The van der Waals surface area contributed by atoms with Gasteiger partial charge in [-0.15, -0.1) is 0 Å². The average molecular weight is 356 g/mol. The van der Waals surface area contributed by atoms with Gasteiger partial charge in [0.15, 0.2) is 11.3 Å². The van der Waals surface area contributed by atoms with Crippen LogP contribution >= 0.6 is 0 Å². The number of nitrogens with zero attached hydrogens (tertiary/aromatic N) is 3. The minimum absolute atomic E-state index is 0.187. The van der Waals surface area contributed by atoms with Crippen molar-refractivity contribution < 1.29 is 9.90 Å². The average Bonchev–Trinajstić information content (AvgIpc) is 3.00. The number of rotatable bonds is 7. The molecule has 1 unspecified atom stereocenters. The standard InChI is InChI=1S/C17H20N6O3/c18-17-16-12(20-21-17)9-15(26)23(22-16)8-4-7-14(25)19-13(10-24)11-5-2-1-3-6-11/h1-3,5-6,9,13,20,24H,4,7-8,10H2,(H2,18,21)(H,19,25). The summed E-state index contributed by atoms with van der Waals surface area (Å²) in [5.74, 6) is 0.0185. The van der Waals surface area contributed by atoms with E-state index in [1.807, 2.05) is 30.3 Å². The Bertz CT molecular complexity index is 950. The van der Waals surface area contributed by atoms with Gasteiger partial charge in [0.05, 0.1) is 18.2 Å². The second-order valence-corrected chi connectivity index (χ2v) is 5.89. The molecule has 5 N–H and O–H groups in total. The van der Waals surface area contributed by atoms with E-state index < -0.39 is 6.04 Å². The molecular formula is C17H20N6O3. The van der Waals surface area contributed by atoms with Crippen LogP contribution in [0.2, 0.25) is 0 Å². The number of aromatic nitrogens is 4. The van der Waals surface area contributed by atoms with Crippen molar-refractivity contribution in [2.45, 2.75) is 25.4 Å². The fourth-order valence-electron chi connectivity index (χ4n) is 2.67. The number of hydrogen-bond donors (Lipinski definition) is 4. The van der Waals surface area contributed by atoms with Crippen LogP contribution in [0.1, 0.15) is 24.4 Å². The molecule has 1 atom stereocenters. The molecule has 2 heterocycles. The molecule has 136 valence electrons. The minimum atomic E-state index is -0.452. The maximum Gasteiger partial charge on any atom is 0.268 e. The number of fused-ring (bicyclic) bond motifs is 1. The summed E-state index contributed by atoms with van der Waals surface area (Å²) in [6.07, 6.45) is 0.630. The summed E-state index contributed by atoms with van der Waals surface area (Å²) in [7, 11) is 0. The van der Waals surface area contributed by atoms with Gasteiger partial charge >= 0.3 is 0 Å². The fourth-order valence-corrected chi connectivity index (χ4v) is 2.67. The zero-order valence-corrected chi connectivity index (χ0v) is 14.1. The van der Waals surface area contributed by atoms with Crippen molar-refractivity contribution in [1.82, 2.24) is 25.3 Å². The molecule has 0 aliphatic heterocycles. The third-order valence-corrected chi connectivity index (χ3v) is 4.03. The monoisotopic (exact) mass is 356 g/mol. The number of nitrogens with two attached hydrogens (primary N) is 1. The zero-order valence-electron chi connectivity index (χ0n) is 14.1. The molecule has 2 aromatic heterocycles. The Hall–Kier alpha value is -3.20. The van der Waals surface area contributed by atoms with E-state index in [1.54, 1.807) is 0 Å². The van der Waals surface area contributed by atoms with E-state index in [0.717, 1.165) is 5.56 Å². The van der Waals surface area contributed by atoms with Crippen LogP contribution in [0.3, 0.4) is 0 Å². The van der Waals surface area contributed by atoms with Gasteiger partial charge in [-0.2, -0.15) is 10.2 Å². The van der Waals surface area contributed by atoms with Crippen molar-refractivity contribution in [3.8, 4) is 0 Å². The van der Waals surface area contributed by atoms with Gasteiger partial charge in [0.1, 0.15) is 0 Å². The molecule has 3 aromatic rings. The number of benzene rings is 1. The predicted molar refractivity (Wildman–Crippen MR) is 96.2 cm³/mol. The van der Waals surface area contributed by atoms with Crippen LogP contribution in [0.25, 0.3) is 11.0 Å². The molecule has 0 fully saturated rings. The number of amides is 1. The summed E-state index contributed by atoms with van der Waals surface area (Å²) >= 11 is 0. The van der Waals surface area contributed by atoms with Crippen molar-refractivity contribution >= 4 is 22.8 Å². The quantitative estimate of drug-likeness (QED) is 0.481. The number of nitrogens with one attached hydrogen (secondary N) is 2. The summed E-state index contributed by atoms with van der Waals surface area (Å²) in [5.41, 5.74) is 7.14. The molecule has 26 heavy (non-hydrogen) atoms. The smallest absolute Gasteiger partial charge is 0.268 e. The molecule has 9 nitrogen and oxygen atoms in total. The number of H-pyrrole nitrogens is 1. The molecule has 0 aliphatic rings. The summed E-state index contributed by atoms with van der Waals surface area (Å²) < 4.78 is 1.27. The predicted octanol–water partition coefficient (Wildman–Crippen LogP) is 0.332. The first-order valence-electron chi connectivity index (χ1n) is 8.25. The molecule has 0 saturated heterocycles. The van der Waals surface area contributed by atoms with E-state index in [-0.39, 0.29) is 36.9 Å². The topological polar surface area (TPSA) is 139 Å². The van der Waals surface area contributed by atoms with Gasteiger partial charge in [0.25, 0.3) is 5.56 Å². The molecule has 1 amide bonds. The van der Waals surface area contributed by atoms with E-state index in [4.69, 9.17) is 5.73 Å². The maximum absolute atomic E-state index is 12.1. The number of aliphatic hydroxyl groups excluding tert-OH is 1. The van der Waals surface area contributed by atoms with E-state index in [1.165, 1.54) is 10.7 Å². The van der Waals surface area contributed by atoms with Crippen molar-refractivity contribution in [2.75, 3.05) is 12.3 Å². The second-order valence-electron chi connectivity index (χ2n) is 5.89. The lowest BCUT2D eigenvalue weighted by molar-refractivity contribution is -0.122. The Labute approximate surface area is 148 Å². The molecule has 3 rings (SSSR count). The third-order valence-electron chi connectivity index (χ3n) is 4.03. The molecular weight excluding hydrogens is 336 g/mol. The first-order chi connectivity index (χ1) is 12.6. The van der Waals surface area contributed by atoms with Gasteiger partial charge < -0.3 is 16.2 Å². The number of carbonyl (C=O) groups excluding carboxylic acids is 1. The fraction of sp³-hybridized carbons (Fsp3) is 0.294. The normalized spacial score (nSPS) is 12.2. The van der Waals surface area contributed by atoms with Crippen LogP contribution in [0.15, 0.2) is 41.2 Å². The summed E-state index contributed by atoms with van der Waals surface area (Å²) in [5, 5.41) is 22.9. The van der Waals surface area contributed by atoms with Crippen molar-refractivity contribution in [2.24, 2.45) is 0 Å². The van der Waals surface area contributed by atoms with Crippen LogP contribution in [-0.4, -0.2) is 37.6 Å². The highest BCUT2D eigenvalue weighted by Gasteiger charge is 2.13. The number of nitrogen functional groups attached to an aromatic ring is 1. The Morgan fingerprint density at radius 1 is 1.35 bits per heavy atom. The number of aliphatic hydroxyl groups is 1. The van der Waals surface area contributed by atoms with Crippen LogP contribution in [0.5, 0.6) is 0 Å². The third kappa shape index (κ3) is 3.89. The number of aryl methyl sites for hydroxylation is 1. The van der Waals surface area contributed by atoms with E-state index in [2.05, 4.69) is 20.6 Å². The highest BCUT2D eigenvalue weighted by Crippen LogP contribution is 2.13. The Morgan fingerprint density at radius 2 is 2.12 bits per heavy atom. The minimum Gasteiger partial charge on any atom is -0.394 e. The number of carbonyl (C=O) groups is 1. The van der Waals surface area contributed by atoms with Crippen molar-refractivity contribution in [3.63, 3.8) is 0 Å². The first kappa shape index (κ1) is 17.6. The second kappa shape index (κ2) is 7.79. The zero-order chi connectivity index (χ0) is 18.5. The molecule has 0 spiro atoms. The Morgan fingerprint density at radius 3 is 2.85 bits per heavy atom. The molecule has 0 bridgehead atoms. The van der Waals surface area contributed by atoms with Gasteiger partial charge in [-0.1, -0.05) is 30.3 Å². The number of hydrogen-bond acceptors (Lipinski definition) is 6. The Kier molecular flexibility index (Phi) is 5.28. The molecule has 0 saturated carbocycles. The van der Waals surface area contributed by atoms with Crippen LogP contribution in [0, 0.1) is 0 Å². The van der Waals surface area contributed by atoms with Crippen LogP contribution < -0.4 is 16.6 Å². The molecule has 0 radical (unpaired) electrons. The van der Waals surface area contributed by atoms with Gasteiger partial charge in [-0.25, -0.2) is 4.68 Å². The lowest BCUT2D eigenvalue weighted by Gasteiger charge is -2.16. The van der Waals surface area contributed by atoms with E-state index in [9.17, 15) is 14.7 Å². The lowest BCUT2D eigenvalue weighted by Crippen LogP contribution is -2.31. The Balaban J connectivity index is 1.57. The van der Waals surface area contributed by atoms with Crippen molar-refractivity contribution in [3.05, 3.63) is 52.3 Å². The number of anilines is 1. The molecule has 0 aliphatic carbocycles. The summed E-state index contributed by atoms with van der Waals surface area (Å²) in [6, 6.07) is 10.2. The molecule has 1 aromatic carbocycles. The van der Waals surface area contributed by atoms with Gasteiger partial charge in [0.2, 0.25) is 5.91 Å². The summed E-state index contributed by atoms with van der Waals surface area (Å²) in [6.45, 7) is 0.0924. The van der Waals surface area contributed by atoms with E-state index in [0.29, 0.717) is 17.5 Å². The maximum atomic E-state index is 12.1. The highest BCUT2D eigenvalue weighted by molar-refractivity contribution is 5.83. The van der Waals surface area contributed by atoms with Gasteiger partial charge in [-0.05, 0) is 12.0 Å². The van der Waals surface area contributed by atoms with E-state index >= 15 is 0 Å². The number of aromatic amines is 1. The van der Waals surface area contributed by atoms with Crippen LogP contribution in [0.4, 0.5) is 5.82 Å². The first-order valence-corrected chi connectivity index (χ1v) is 8.25. The summed E-state index contributed by atoms with van der Waals surface area (Å²) in [4.78, 5) is 24.1. The van der Waals surface area contributed by atoms with Crippen LogP contribution in [-0.2, 0) is 11.3 Å². The molecule has 9 heteroatoms. The SMILES string of the molecule is Nc1n[nH]c2cc(=O)n(CCCC(=O)NC(CO)c3ccccc3)nc12. The van der Waals surface area contributed by atoms with Crippen molar-refractivity contribution in [1.29, 1.82) is 0 Å². The van der Waals surface area contributed by atoms with Gasteiger partial charge in [-0.3, -0.25) is 14.7 Å².